The Morgan fingerprint density at radius 3 is 2.65 bits per heavy atom. The van der Waals surface area contributed by atoms with Crippen molar-refractivity contribution < 1.29 is 49.9 Å². The van der Waals surface area contributed by atoms with E-state index < -0.39 is 12.1 Å². The van der Waals surface area contributed by atoms with Crippen molar-refractivity contribution in [1.82, 2.24) is 0 Å². The molecule has 1 aromatic carbocycles. The zero-order chi connectivity index (χ0) is 15.0. The van der Waals surface area contributed by atoms with Gasteiger partial charge in [0.2, 0.25) is 0 Å². The van der Waals surface area contributed by atoms with Gasteiger partial charge >= 0.3 is 133 Å². The van der Waals surface area contributed by atoms with E-state index in [2.05, 4.69) is 4.74 Å². The number of nitrogens with two attached hydrogens (primary N) is 1. The molecule has 0 aliphatic rings. The monoisotopic (exact) mass is 468 g/mol. The molecule has 0 aromatic heterocycles. The fourth-order valence-electron chi connectivity index (χ4n) is 1.64. The number of para-hydroxylation sites is 1. The zero-order valence-electron chi connectivity index (χ0n) is 11.3. The summed E-state index contributed by atoms with van der Waals surface area (Å²) in [6.07, 6.45) is -0.244. The van der Waals surface area contributed by atoms with Gasteiger partial charge in [-0.15, -0.1) is 0 Å². The SMILES string of the molecule is COC([CH2][Hg])Cc1ccccc1OCC(=O)OC(N)=O. The Morgan fingerprint density at radius 1 is 1.35 bits per heavy atom. The molecule has 0 saturated heterocycles. The molecular formula is C13H16HgNO5. The normalized spacial score (nSPS) is 11.8. The second-order valence-electron chi connectivity index (χ2n) is 4.04. The molecule has 0 heterocycles. The maximum atomic E-state index is 11.2. The molecule has 20 heavy (non-hydrogen) atoms. The predicted molar refractivity (Wildman–Crippen MR) is 66.9 cm³/mol. The molecule has 0 fully saturated rings. The van der Waals surface area contributed by atoms with Crippen LogP contribution in [0.25, 0.3) is 0 Å². The number of esters is 1. The van der Waals surface area contributed by atoms with Crippen LogP contribution in [0, 0.1) is 0 Å². The topological polar surface area (TPSA) is 87.8 Å². The summed E-state index contributed by atoms with van der Waals surface area (Å²) >= 11 is 0.654. The Balaban J connectivity index is 2.65. The molecule has 0 radical (unpaired) electrons. The average Bonchev–Trinajstić information content (AvgIpc) is 2.42. The van der Waals surface area contributed by atoms with Crippen LogP contribution in [-0.2, 0) is 46.8 Å². The van der Waals surface area contributed by atoms with E-state index in [9.17, 15) is 9.59 Å². The van der Waals surface area contributed by atoms with Crippen LogP contribution in [0.1, 0.15) is 5.56 Å². The number of amides is 1. The van der Waals surface area contributed by atoms with Gasteiger partial charge in [0.05, 0.1) is 0 Å². The van der Waals surface area contributed by atoms with Gasteiger partial charge in [0.1, 0.15) is 0 Å². The number of methoxy groups -OCH3 is 1. The predicted octanol–water partition coefficient (Wildman–Crippen LogP) is 1.21. The van der Waals surface area contributed by atoms with E-state index in [1.54, 1.807) is 13.2 Å². The van der Waals surface area contributed by atoms with Gasteiger partial charge < -0.3 is 0 Å². The van der Waals surface area contributed by atoms with Gasteiger partial charge in [0.15, 0.2) is 0 Å². The van der Waals surface area contributed by atoms with Gasteiger partial charge in [-0.1, -0.05) is 0 Å². The minimum atomic E-state index is -1.13. The van der Waals surface area contributed by atoms with E-state index in [1.807, 2.05) is 18.2 Å². The first-order chi connectivity index (χ1) is 9.56. The number of benzene rings is 1. The average molecular weight is 467 g/mol. The summed E-state index contributed by atoms with van der Waals surface area (Å²) in [6.45, 7) is -0.359. The molecule has 6 nitrogen and oxygen atoms in total. The Kier molecular flexibility index (Phi) is 7.54. The van der Waals surface area contributed by atoms with E-state index in [0.29, 0.717) is 31.9 Å². The number of hydrogen-bond acceptors (Lipinski definition) is 5. The molecular weight excluding hydrogens is 451 g/mol. The number of ether oxygens (including phenoxy) is 3. The van der Waals surface area contributed by atoms with Gasteiger partial charge in [-0.05, 0) is 0 Å². The van der Waals surface area contributed by atoms with Crippen molar-refractivity contribution >= 4 is 12.1 Å². The summed E-state index contributed by atoms with van der Waals surface area (Å²) in [4.78, 5) is 21.6. The van der Waals surface area contributed by atoms with Crippen LogP contribution in [0.2, 0.25) is 3.93 Å². The van der Waals surface area contributed by atoms with Gasteiger partial charge in [-0.3, -0.25) is 0 Å². The third-order valence-electron chi connectivity index (χ3n) is 2.64. The van der Waals surface area contributed by atoms with E-state index in [4.69, 9.17) is 15.2 Å². The van der Waals surface area contributed by atoms with Crippen molar-refractivity contribution in [3.63, 3.8) is 0 Å². The molecule has 0 aliphatic heterocycles. The molecule has 1 rings (SSSR count). The Morgan fingerprint density at radius 2 is 2.05 bits per heavy atom. The van der Waals surface area contributed by atoms with Crippen LogP contribution in [-0.4, -0.2) is 31.9 Å². The van der Waals surface area contributed by atoms with Crippen LogP contribution in [0.3, 0.4) is 0 Å². The summed E-state index contributed by atoms with van der Waals surface area (Å²) in [6, 6.07) is 7.39. The summed E-state index contributed by atoms with van der Waals surface area (Å²) < 4.78 is 16.0. The third kappa shape index (κ3) is 5.88. The molecule has 1 amide bonds. The molecule has 7 heteroatoms. The number of carbonyl (C=O) groups is 2. The molecule has 1 unspecified atom stereocenters. The van der Waals surface area contributed by atoms with Crippen molar-refractivity contribution in [2.45, 2.75) is 16.5 Å². The molecule has 0 bridgehead atoms. The Bertz CT molecular complexity index is 462. The summed E-state index contributed by atoms with van der Waals surface area (Å²) in [5.41, 5.74) is 5.70. The fourth-order valence-corrected chi connectivity index (χ4v) is 3.35. The van der Waals surface area contributed by atoms with Crippen LogP contribution < -0.4 is 10.5 Å². The number of primary amides is 1. The summed E-state index contributed by atoms with van der Waals surface area (Å²) in [7, 11) is 1.69. The fraction of sp³-hybridized carbons (Fsp3) is 0.385. The van der Waals surface area contributed by atoms with E-state index in [-0.39, 0.29) is 12.7 Å². The van der Waals surface area contributed by atoms with Crippen molar-refractivity contribution in [2.75, 3.05) is 13.7 Å². The molecule has 0 spiro atoms. The van der Waals surface area contributed by atoms with Crippen LogP contribution in [0.5, 0.6) is 5.75 Å². The molecule has 1 atom stereocenters. The van der Waals surface area contributed by atoms with Crippen LogP contribution >= 0.6 is 0 Å². The van der Waals surface area contributed by atoms with E-state index in [0.717, 1.165) is 15.9 Å². The van der Waals surface area contributed by atoms with Crippen LogP contribution in [0.4, 0.5) is 4.79 Å². The van der Waals surface area contributed by atoms with E-state index >= 15 is 0 Å². The van der Waals surface area contributed by atoms with Gasteiger partial charge in [-0.25, -0.2) is 0 Å². The van der Waals surface area contributed by atoms with Gasteiger partial charge in [-0.2, -0.15) is 0 Å². The molecule has 2 N–H and O–H groups in total. The zero-order valence-corrected chi connectivity index (χ0v) is 16.8. The maximum absolute atomic E-state index is 11.2. The first-order valence-corrected chi connectivity index (χ1v) is 9.98. The van der Waals surface area contributed by atoms with Gasteiger partial charge in [0, 0.05) is 0 Å². The number of carbonyl (C=O) groups excluding carboxylic acids is 2. The molecule has 0 aliphatic carbocycles. The number of hydrogen-bond donors (Lipinski definition) is 1. The van der Waals surface area contributed by atoms with Crippen LogP contribution in [0.15, 0.2) is 24.3 Å². The van der Waals surface area contributed by atoms with Crippen molar-refractivity contribution in [1.29, 1.82) is 0 Å². The Labute approximate surface area is 133 Å². The van der Waals surface area contributed by atoms with Crippen molar-refractivity contribution in [2.24, 2.45) is 5.73 Å². The quantitative estimate of drug-likeness (QED) is 0.371. The first kappa shape index (κ1) is 16.9. The first-order valence-electron chi connectivity index (χ1n) is 6.09. The molecule has 105 valence electrons. The van der Waals surface area contributed by atoms with E-state index in [1.165, 1.54) is 0 Å². The molecule has 0 saturated carbocycles. The summed E-state index contributed by atoms with van der Waals surface area (Å²) in [5, 5.41) is 0. The van der Waals surface area contributed by atoms with Gasteiger partial charge in [0.25, 0.3) is 0 Å². The molecule has 1 aromatic rings. The summed E-state index contributed by atoms with van der Waals surface area (Å²) in [5.74, 6) is -0.237. The second-order valence-corrected chi connectivity index (χ2v) is 6.28. The number of rotatable bonds is 7. The second kappa shape index (κ2) is 8.91. The third-order valence-corrected chi connectivity index (χ3v) is 5.14. The van der Waals surface area contributed by atoms with Crippen molar-refractivity contribution in [3.8, 4) is 5.75 Å². The van der Waals surface area contributed by atoms with Crippen molar-refractivity contribution in [3.05, 3.63) is 29.8 Å². The standard InChI is InChI=1S/C13H16NO5.Hg/c1-9(17-2)7-10-5-3-4-6-11(10)18-8-12(15)19-13(14)16;/h3-6,9H,1,7-8H2,2H3,(H2,14,16);. The Hall–Kier alpha value is -1.14. The minimum absolute atomic E-state index is 0.167.